The smallest absolute Gasteiger partial charge is 0.336 e. The molecule has 7 heteroatoms. The average Bonchev–Trinajstić information content (AvgIpc) is 3.00. The monoisotopic (exact) mass is 526 g/mol. The van der Waals surface area contributed by atoms with E-state index in [0.717, 1.165) is 0 Å². The van der Waals surface area contributed by atoms with Crippen LogP contribution in [-0.2, 0) is 53.2 Å². The fraction of sp³-hybridized carbons (Fsp3) is 0.219. The molecule has 0 radical (unpaired) electrons. The molecular weight excluding hydrogens is 496 g/mol. The summed E-state index contributed by atoms with van der Waals surface area (Å²) in [7, 11) is 1.42. The number of hydrogen-bond donors (Lipinski definition) is 0. The van der Waals surface area contributed by atoms with E-state index in [0.29, 0.717) is 16.7 Å². The van der Waals surface area contributed by atoms with Crippen LogP contribution in [0.3, 0.4) is 0 Å². The molecule has 0 aliphatic heterocycles. The summed E-state index contributed by atoms with van der Waals surface area (Å²) in [5.74, 6) is -3.97. The van der Waals surface area contributed by atoms with Crippen molar-refractivity contribution in [1.82, 2.24) is 0 Å². The molecule has 0 heterocycles. The van der Waals surface area contributed by atoms with Gasteiger partial charge in [0.2, 0.25) is 0 Å². The summed E-state index contributed by atoms with van der Waals surface area (Å²) in [5.41, 5.74) is -0.381. The van der Waals surface area contributed by atoms with Gasteiger partial charge in [0, 0.05) is 0 Å². The lowest BCUT2D eigenvalue weighted by atomic mass is 9.71. The second kappa shape index (κ2) is 13.2. The summed E-state index contributed by atoms with van der Waals surface area (Å²) in [6, 6.07) is 27.0. The first kappa shape index (κ1) is 27.4. The Balaban J connectivity index is 1.72. The molecule has 39 heavy (non-hydrogen) atoms. The molecule has 1 atom stereocenters. The van der Waals surface area contributed by atoms with Gasteiger partial charge in [0.25, 0.3) is 5.41 Å². The van der Waals surface area contributed by atoms with Gasteiger partial charge in [-0.2, -0.15) is 0 Å². The minimum absolute atomic E-state index is 0.145. The number of esters is 3. The van der Waals surface area contributed by atoms with Crippen LogP contribution in [-0.4, -0.2) is 25.0 Å². The van der Waals surface area contributed by atoms with Crippen molar-refractivity contribution in [2.45, 2.75) is 26.2 Å². The molecule has 4 rings (SSSR count). The SMILES string of the molecule is COC1=CC=CCC1C(C(=O)OCc1ccccc1)(C(=O)OCc1ccccc1)C(=O)OCc1ccccc1. The van der Waals surface area contributed by atoms with Gasteiger partial charge in [-0.15, -0.1) is 0 Å². The van der Waals surface area contributed by atoms with Crippen LogP contribution in [0.4, 0.5) is 0 Å². The molecule has 3 aromatic carbocycles. The maximum Gasteiger partial charge on any atom is 0.336 e. The summed E-state index contributed by atoms with van der Waals surface area (Å²) in [4.78, 5) is 41.9. The topological polar surface area (TPSA) is 88.1 Å². The third kappa shape index (κ3) is 6.44. The van der Waals surface area contributed by atoms with Crippen LogP contribution in [0.5, 0.6) is 0 Å². The molecule has 3 aromatic rings. The summed E-state index contributed by atoms with van der Waals surface area (Å²) in [6.45, 7) is -0.435. The second-order valence-corrected chi connectivity index (χ2v) is 8.98. The summed E-state index contributed by atoms with van der Waals surface area (Å²) < 4.78 is 22.5. The van der Waals surface area contributed by atoms with Gasteiger partial charge >= 0.3 is 17.9 Å². The Kier molecular flexibility index (Phi) is 9.29. The summed E-state index contributed by atoms with van der Waals surface area (Å²) in [6.07, 6.45) is 5.25. The number of hydrogen-bond acceptors (Lipinski definition) is 7. The third-order valence-electron chi connectivity index (χ3n) is 6.47. The van der Waals surface area contributed by atoms with Gasteiger partial charge in [-0.1, -0.05) is 103 Å². The van der Waals surface area contributed by atoms with Gasteiger partial charge in [0.15, 0.2) is 0 Å². The molecule has 0 bridgehead atoms. The third-order valence-corrected chi connectivity index (χ3v) is 6.47. The van der Waals surface area contributed by atoms with Crippen molar-refractivity contribution >= 4 is 17.9 Å². The van der Waals surface area contributed by atoms with Gasteiger partial charge < -0.3 is 18.9 Å². The van der Waals surface area contributed by atoms with Crippen LogP contribution in [0, 0.1) is 11.3 Å². The van der Waals surface area contributed by atoms with Crippen LogP contribution in [0.1, 0.15) is 23.1 Å². The van der Waals surface area contributed by atoms with E-state index in [2.05, 4.69) is 0 Å². The van der Waals surface area contributed by atoms with Gasteiger partial charge in [-0.3, -0.25) is 14.4 Å². The minimum Gasteiger partial charge on any atom is -0.501 e. The highest BCUT2D eigenvalue weighted by molar-refractivity contribution is 6.18. The maximum absolute atomic E-state index is 14.0. The molecule has 0 spiro atoms. The van der Waals surface area contributed by atoms with E-state index in [1.807, 2.05) is 18.2 Å². The van der Waals surface area contributed by atoms with Crippen molar-refractivity contribution in [3.8, 4) is 0 Å². The Morgan fingerprint density at radius 2 is 1.05 bits per heavy atom. The first-order valence-electron chi connectivity index (χ1n) is 12.6. The number of benzene rings is 3. The lowest BCUT2D eigenvalue weighted by Crippen LogP contribution is -2.55. The van der Waals surface area contributed by atoms with E-state index < -0.39 is 29.2 Å². The van der Waals surface area contributed by atoms with Crippen molar-refractivity contribution in [2.75, 3.05) is 7.11 Å². The van der Waals surface area contributed by atoms with Crippen molar-refractivity contribution in [1.29, 1.82) is 0 Å². The van der Waals surface area contributed by atoms with Gasteiger partial charge in [-0.25, -0.2) is 0 Å². The first-order valence-corrected chi connectivity index (χ1v) is 12.6. The first-order chi connectivity index (χ1) is 19.1. The molecule has 1 aliphatic carbocycles. The molecule has 0 amide bonds. The van der Waals surface area contributed by atoms with E-state index in [9.17, 15) is 14.4 Å². The van der Waals surface area contributed by atoms with Crippen LogP contribution >= 0.6 is 0 Å². The lowest BCUT2D eigenvalue weighted by molar-refractivity contribution is -0.191. The standard InChI is InChI=1S/C32H30O7/c1-36-28-20-12-11-19-27(28)32(29(33)37-21-24-13-5-2-6-14-24,30(34)38-22-25-15-7-3-8-16-25)31(35)39-23-26-17-9-4-10-18-26/h2-18,20,27H,19,21-23H2,1H3. The van der Waals surface area contributed by atoms with Crippen LogP contribution in [0.2, 0.25) is 0 Å². The molecule has 1 aliphatic rings. The molecule has 1 unspecified atom stereocenters. The predicted octanol–water partition coefficient (Wildman–Crippen LogP) is 5.31. The highest BCUT2D eigenvalue weighted by Gasteiger charge is 2.64. The second-order valence-electron chi connectivity index (χ2n) is 8.98. The predicted molar refractivity (Wildman–Crippen MR) is 143 cm³/mol. The summed E-state index contributed by atoms with van der Waals surface area (Å²) in [5, 5.41) is 0. The molecule has 0 saturated carbocycles. The van der Waals surface area contributed by atoms with Crippen molar-refractivity contribution in [2.24, 2.45) is 11.3 Å². The van der Waals surface area contributed by atoms with Crippen LogP contribution < -0.4 is 0 Å². The van der Waals surface area contributed by atoms with Crippen LogP contribution in [0.15, 0.2) is 115 Å². The van der Waals surface area contributed by atoms with Crippen molar-refractivity contribution in [3.05, 3.63) is 132 Å². The molecule has 200 valence electrons. The Morgan fingerprint density at radius 3 is 1.41 bits per heavy atom. The average molecular weight is 527 g/mol. The molecule has 0 saturated heterocycles. The van der Waals surface area contributed by atoms with E-state index in [4.69, 9.17) is 18.9 Å². The van der Waals surface area contributed by atoms with E-state index in [1.54, 1.807) is 91.0 Å². The Hall–Kier alpha value is -4.65. The van der Waals surface area contributed by atoms with Crippen molar-refractivity contribution in [3.63, 3.8) is 0 Å². The van der Waals surface area contributed by atoms with Crippen molar-refractivity contribution < 1.29 is 33.3 Å². The number of carbonyl (C=O) groups excluding carboxylic acids is 3. The van der Waals surface area contributed by atoms with E-state index in [-0.39, 0.29) is 32.0 Å². The fourth-order valence-corrected chi connectivity index (χ4v) is 4.40. The minimum atomic E-state index is -2.47. The number of allylic oxidation sites excluding steroid dienone is 4. The quantitative estimate of drug-likeness (QED) is 0.190. The highest BCUT2D eigenvalue weighted by Crippen LogP contribution is 2.42. The zero-order valence-electron chi connectivity index (χ0n) is 21.7. The molecule has 0 fully saturated rings. The number of rotatable bonds is 11. The fourth-order valence-electron chi connectivity index (χ4n) is 4.40. The zero-order valence-corrected chi connectivity index (χ0v) is 21.7. The van der Waals surface area contributed by atoms with E-state index >= 15 is 0 Å². The van der Waals surface area contributed by atoms with Gasteiger partial charge in [0.1, 0.15) is 25.6 Å². The van der Waals surface area contributed by atoms with E-state index in [1.165, 1.54) is 7.11 Å². The lowest BCUT2D eigenvalue weighted by Gasteiger charge is -2.35. The molecular formula is C32H30O7. The molecule has 0 N–H and O–H groups in total. The van der Waals surface area contributed by atoms with Crippen LogP contribution in [0.25, 0.3) is 0 Å². The number of methoxy groups -OCH3 is 1. The molecule has 7 nitrogen and oxygen atoms in total. The maximum atomic E-state index is 14.0. The Bertz CT molecular complexity index is 1180. The molecule has 0 aromatic heterocycles. The number of ether oxygens (including phenoxy) is 4. The Labute approximate surface area is 227 Å². The van der Waals surface area contributed by atoms with Gasteiger partial charge in [0.05, 0.1) is 13.0 Å². The number of carbonyl (C=O) groups is 3. The Morgan fingerprint density at radius 1 is 0.667 bits per heavy atom. The van der Waals surface area contributed by atoms with Gasteiger partial charge in [-0.05, 0) is 29.2 Å². The normalized spacial score (nSPS) is 14.6. The zero-order chi connectivity index (χ0) is 27.5. The largest absolute Gasteiger partial charge is 0.501 e. The highest BCUT2D eigenvalue weighted by atomic mass is 16.6. The summed E-state index contributed by atoms with van der Waals surface area (Å²) >= 11 is 0.